The summed E-state index contributed by atoms with van der Waals surface area (Å²) in [6.07, 6.45) is 6.75. The van der Waals surface area contributed by atoms with Crippen LogP contribution in [0.4, 0.5) is 10.5 Å². The maximum atomic E-state index is 12.3. The fourth-order valence-corrected chi connectivity index (χ4v) is 2.20. The minimum absolute atomic E-state index is 0.0764. The maximum Gasteiger partial charge on any atom is 0.323 e. The number of carboxylic acids is 1. The largest absolute Gasteiger partial charge is 0.480 e. The number of para-hydroxylation sites is 1. The molecule has 0 aliphatic heterocycles. The number of nitrogens with one attached hydrogen (secondary N) is 1. The van der Waals surface area contributed by atoms with Crippen molar-refractivity contribution in [1.29, 1.82) is 0 Å². The van der Waals surface area contributed by atoms with Gasteiger partial charge in [0.15, 0.2) is 0 Å². The molecule has 0 saturated carbocycles. The van der Waals surface area contributed by atoms with Crippen LogP contribution >= 0.6 is 0 Å². The van der Waals surface area contributed by atoms with Gasteiger partial charge in [-0.05, 0) is 31.4 Å². The summed E-state index contributed by atoms with van der Waals surface area (Å²) >= 11 is 0. The van der Waals surface area contributed by atoms with Gasteiger partial charge in [-0.1, -0.05) is 30.4 Å². The van der Waals surface area contributed by atoms with E-state index < -0.39 is 5.97 Å². The molecule has 1 atom stereocenters. The highest BCUT2D eigenvalue weighted by Crippen LogP contribution is 2.15. The van der Waals surface area contributed by atoms with E-state index in [0.717, 1.165) is 19.3 Å². The number of urea groups is 1. The summed E-state index contributed by atoms with van der Waals surface area (Å²) < 4.78 is 0. The molecule has 1 aromatic carbocycles. The average Bonchev–Trinajstić information content (AvgIpc) is 2.46. The fourth-order valence-electron chi connectivity index (χ4n) is 2.20. The third-order valence-corrected chi connectivity index (χ3v) is 3.20. The normalized spacial score (nSPS) is 17.5. The highest BCUT2D eigenvalue weighted by molar-refractivity contribution is 5.96. The Balaban J connectivity index is 2.07. The Hall–Kier alpha value is -2.30. The Labute approximate surface area is 117 Å². The number of carbonyl (C=O) groups excluding carboxylic acids is 1. The number of benzene rings is 1. The van der Waals surface area contributed by atoms with E-state index in [-0.39, 0.29) is 18.6 Å². The molecular weight excluding hydrogens is 256 g/mol. The molecule has 1 aliphatic carbocycles. The van der Waals surface area contributed by atoms with Crippen molar-refractivity contribution in [2.45, 2.75) is 25.3 Å². The van der Waals surface area contributed by atoms with E-state index in [4.69, 9.17) is 5.11 Å². The van der Waals surface area contributed by atoms with Gasteiger partial charge in [-0.2, -0.15) is 0 Å². The van der Waals surface area contributed by atoms with Crippen LogP contribution in [0.2, 0.25) is 0 Å². The Morgan fingerprint density at radius 2 is 2.00 bits per heavy atom. The van der Waals surface area contributed by atoms with Crippen molar-refractivity contribution in [2.24, 2.45) is 0 Å². The topological polar surface area (TPSA) is 69.6 Å². The molecule has 2 amide bonds. The lowest BCUT2D eigenvalue weighted by molar-refractivity contribution is -0.135. The van der Waals surface area contributed by atoms with Crippen LogP contribution in [0, 0.1) is 0 Å². The standard InChI is InChI=1S/C15H18N2O3/c18-14(19)11-17(13-9-5-2-6-10-13)15(20)16-12-7-3-1-4-8-12/h1-3,5-6,9-10,12H,4,7-8,11H2,(H,16,20)(H,18,19). The number of rotatable bonds is 4. The van der Waals surface area contributed by atoms with Gasteiger partial charge in [0.1, 0.15) is 6.54 Å². The van der Waals surface area contributed by atoms with Crippen molar-refractivity contribution in [2.75, 3.05) is 11.4 Å². The zero-order valence-electron chi connectivity index (χ0n) is 11.2. The second kappa shape index (κ2) is 6.75. The second-order valence-corrected chi connectivity index (χ2v) is 4.75. The number of carbonyl (C=O) groups is 2. The molecule has 106 valence electrons. The SMILES string of the molecule is O=C(O)CN(C(=O)NC1CC=CCC1)c1ccccc1. The molecule has 5 nitrogen and oxygen atoms in total. The molecule has 1 aliphatic rings. The third kappa shape index (κ3) is 3.85. The summed E-state index contributed by atoms with van der Waals surface area (Å²) in [5.41, 5.74) is 0.582. The van der Waals surface area contributed by atoms with Crippen LogP contribution in [-0.4, -0.2) is 29.7 Å². The zero-order valence-corrected chi connectivity index (χ0v) is 11.2. The van der Waals surface area contributed by atoms with Crippen LogP contribution in [0.5, 0.6) is 0 Å². The lowest BCUT2D eigenvalue weighted by Crippen LogP contribution is -2.47. The van der Waals surface area contributed by atoms with Gasteiger partial charge in [0.05, 0.1) is 0 Å². The van der Waals surface area contributed by atoms with Crippen LogP contribution < -0.4 is 10.2 Å². The smallest absolute Gasteiger partial charge is 0.323 e. The molecular formula is C15H18N2O3. The molecule has 20 heavy (non-hydrogen) atoms. The molecule has 2 N–H and O–H groups in total. The van der Waals surface area contributed by atoms with E-state index in [9.17, 15) is 9.59 Å². The van der Waals surface area contributed by atoms with E-state index in [0.29, 0.717) is 5.69 Å². The summed E-state index contributed by atoms with van der Waals surface area (Å²) in [5, 5.41) is 11.9. The zero-order chi connectivity index (χ0) is 14.4. The van der Waals surface area contributed by atoms with E-state index in [1.54, 1.807) is 24.3 Å². The highest BCUT2D eigenvalue weighted by Gasteiger charge is 2.21. The maximum absolute atomic E-state index is 12.3. The predicted molar refractivity (Wildman–Crippen MR) is 76.7 cm³/mol. The van der Waals surface area contributed by atoms with Crippen molar-refractivity contribution < 1.29 is 14.7 Å². The molecule has 5 heteroatoms. The molecule has 0 fully saturated rings. The summed E-state index contributed by atoms with van der Waals surface area (Å²) in [7, 11) is 0. The van der Waals surface area contributed by atoms with E-state index in [2.05, 4.69) is 11.4 Å². The van der Waals surface area contributed by atoms with Gasteiger partial charge in [-0.25, -0.2) is 4.79 Å². The average molecular weight is 274 g/mol. The van der Waals surface area contributed by atoms with Crippen LogP contribution in [0.25, 0.3) is 0 Å². The Morgan fingerprint density at radius 3 is 2.60 bits per heavy atom. The molecule has 0 spiro atoms. The first-order chi connectivity index (χ1) is 9.66. The Morgan fingerprint density at radius 1 is 1.25 bits per heavy atom. The van der Waals surface area contributed by atoms with Gasteiger partial charge in [-0.3, -0.25) is 9.69 Å². The van der Waals surface area contributed by atoms with Crippen molar-refractivity contribution in [3.63, 3.8) is 0 Å². The van der Waals surface area contributed by atoms with Crippen LogP contribution in [0.3, 0.4) is 0 Å². The number of hydrogen-bond donors (Lipinski definition) is 2. The first-order valence-corrected chi connectivity index (χ1v) is 6.66. The van der Waals surface area contributed by atoms with E-state index in [1.807, 2.05) is 12.1 Å². The summed E-state index contributed by atoms with van der Waals surface area (Å²) in [4.78, 5) is 24.5. The predicted octanol–water partition coefficient (Wildman–Crippen LogP) is 2.40. The minimum atomic E-state index is -1.03. The molecule has 1 aromatic rings. The van der Waals surface area contributed by atoms with E-state index in [1.165, 1.54) is 4.90 Å². The van der Waals surface area contributed by atoms with Crippen molar-refractivity contribution in [1.82, 2.24) is 5.32 Å². The van der Waals surface area contributed by atoms with E-state index >= 15 is 0 Å². The Bertz CT molecular complexity index is 499. The number of nitrogens with zero attached hydrogens (tertiary/aromatic N) is 1. The lowest BCUT2D eigenvalue weighted by Gasteiger charge is -2.26. The van der Waals surface area contributed by atoms with Gasteiger partial charge in [-0.15, -0.1) is 0 Å². The van der Waals surface area contributed by atoms with Crippen molar-refractivity contribution >= 4 is 17.7 Å². The van der Waals surface area contributed by atoms with Crippen molar-refractivity contribution in [3.8, 4) is 0 Å². The first kappa shape index (κ1) is 14.1. The van der Waals surface area contributed by atoms with Gasteiger partial charge < -0.3 is 10.4 Å². The minimum Gasteiger partial charge on any atom is -0.480 e. The van der Waals surface area contributed by atoms with Gasteiger partial charge in [0, 0.05) is 11.7 Å². The van der Waals surface area contributed by atoms with Gasteiger partial charge in [0.2, 0.25) is 0 Å². The molecule has 0 bridgehead atoms. The summed E-state index contributed by atoms with van der Waals surface area (Å²) in [5.74, 6) is -1.03. The highest BCUT2D eigenvalue weighted by atomic mass is 16.4. The van der Waals surface area contributed by atoms with Gasteiger partial charge in [0.25, 0.3) is 0 Å². The van der Waals surface area contributed by atoms with Gasteiger partial charge >= 0.3 is 12.0 Å². The van der Waals surface area contributed by atoms with Crippen LogP contribution in [0.1, 0.15) is 19.3 Å². The van der Waals surface area contributed by atoms with Crippen LogP contribution in [0.15, 0.2) is 42.5 Å². The monoisotopic (exact) mass is 274 g/mol. The number of carboxylic acid groups (broad SMARTS) is 1. The number of allylic oxidation sites excluding steroid dienone is 1. The molecule has 0 aromatic heterocycles. The number of aliphatic carboxylic acids is 1. The van der Waals surface area contributed by atoms with Crippen molar-refractivity contribution in [3.05, 3.63) is 42.5 Å². The number of anilines is 1. The quantitative estimate of drug-likeness (QED) is 0.828. The molecule has 0 heterocycles. The Kier molecular flexibility index (Phi) is 4.76. The second-order valence-electron chi connectivity index (χ2n) is 4.75. The molecule has 1 unspecified atom stereocenters. The number of hydrogen-bond acceptors (Lipinski definition) is 2. The molecule has 0 radical (unpaired) electrons. The summed E-state index contributed by atoms with van der Waals surface area (Å²) in [6.45, 7) is -0.349. The number of amides is 2. The molecule has 2 rings (SSSR count). The molecule has 0 saturated heterocycles. The first-order valence-electron chi connectivity index (χ1n) is 6.66. The van der Waals surface area contributed by atoms with Crippen LogP contribution in [-0.2, 0) is 4.79 Å². The fraction of sp³-hybridized carbons (Fsp3) is 0.333. The summed E-state index contributed by atoms with van der Waals surface area (Å²) in [6, 6.07) is 8.55. The third-order valence-electron chi connectivity index (χ3n) is 3.20. The lowest BCUT2D eigenvalue weighted by atomic mass is 10.0.